The highest BCUT2D eigenvalue weighted by molar-refractivity contribution is 9.11. The highest BCUT2D eigenvalue weighted by atomic mass is 79.9. The molecule has 1 unspecified atom stereocenters. The first-order chi connectivity index (χ1) is 12.8. The maximum absolute atomic E-state index is 12.7. The van der Waals surface area contributed by atoms with E-state index in [4.69, 9.17) is 11.6 Å². The Labute approximate surface area is 179 Å². The smallest absolute Gasteiger partial charge is 0.250 e. The van der Waals surface area contributed by atoms with Crippen molar-refractivity contribution in [2.24, 2.45) is 0 Å². The molecule has 1 N–H and O–H groups in total. The van der Waals surface area contributed by atoms with Gasteiger partial charge in [-0.2, -0.15) is 10.2 Å². The number of benzene rings is 1. The van der Waals surface area contributed by atoms with Gasteiger partial charge in [0.2, 0.25) is 5.91 Å². The number of rotatable bonds is 5. The van der Waals surface area contributed by atoms with Gasteiger partial charge < -0.3 is 5.32 Å². The Morgan fingerprint density at radius 2 is 1.89 bits per heavy atom. The molecule has 3 aromatic rings. The molecule has 3 rings (SSSR count). The number of amides is 1. The summed E-state index contributed by atoms with van der Waals surface area (Å²) in [4.78, 5) is 12.7. The maximum atomic E-state index is 12.7. The quantitative estimate of drug-likeness (QED) is 0.513. The molecule has 9 heteroatoms. The van der Waals surface area contributed by atoms with Crippen molar-refractivity contribution in [2.75, 3.05) is 5.32 Å². The number of nitrogens with zero attached hydrogens (tertiary/aromatic N) is 4. The number of carbonyl (C=O) groups excluding carboxylic acids is 1. The molecule has 2 aromatic heterocycles. The van der Waals surface area contributed by atoms with E-state index in [1.165, 1.54) is 0 Å². The number of aromatic nitrogens is 4. The summed E-state index contributed by atoms with van der Waals surface area (Å²) in [5.41, 5.74) is 2.82. The molecule has 0 saturated carbocycles. The second-order valence-electron chi connectivity index (χ2n) is 6.24. The predicted molar refractivity (Wildman–Crippen MR) is 113 cm³/mol. The standard InChI is InChI=1S/C18H18Br2ClN5O/c1-10-16(20)11(2)26(23-10)12(3)18(27)22-17-15(19)9-25(24-17)8-13-4-6-14(21)7-5-13/h4-7,9,12H,8H2,1-3H3,(H,22,24,27). The van der Waals surface area contributed by atoms with Crippen molar-refractivity contribution in [3.63, 3.8) is 0 Å². The zero-order chi connectivity index (χ0) is 19.7. The highest BCUT2D eigenvalue weighted by Crippen LogP contribution is 2.25. The summed E-state index contributed by atoms with van der Waals surface area (Å²) in [6.07, 6.45) is 1.83. The third-order valence-corrected chi connectivity index (χ3v) is 6.18. The Kier molecular flexibility index (Phi) is 6.08. The van der Waals surface area contributed by atoms with Crippen LogP contribution in [0.1, 0.15) is 29.9 Å². The van der Waals surface area contributed by atoms with Crippen LogP contribution in [0.2, 0.25) is 5.02 Å². The molecule has 6 nitrogen and oxygen atoms in total. The highest BCUT2D eigenvalue weighted by Gasteiger charge is 2.22. The molecule has 1 atom stereocenters. The molecule has 0 saturated heterocycles. The zero-order valence-electron chi connectivity index (χ0n) is 15.0. The molecule has 0 fully saturated rings. The minimum atomic E-state index is -0.469. The van der Waals surface area contributed by atoms with Gasteiger partial charge in [0, 0.05) is 11.2 Å². The summed E-state index contributed by atoms with van der Waals surface area (Å²) in [5.74, 6) is 0.284. The summed E-state index contributed by atoms with van der Waals surface area (Å²) >= 11 is 12.9. The van der Waals surface area contributed by atoms with Crippen molar-refractivity contribution in [2.45, 2.75) is 33.4 Å². The van der Waals surface area contributed by atoms with E-state index in [1.807, 2.05) is 44.3 Å². The second-order valence-corrected chi connectivity index (χ2v) is 8.33. The average Bonchev–Trinajstić information content (AvgIpc) is 3.10. The molecule has 1 amide bonds. The van der Waals surface area contributed by atoms with E-state index in [1.54, 1.807) is 16.3 Å². The van der Waals surface area contributed by atoms with Crippen LogP contribution in [-0.2, 0) is 11.3 Å². The molecule has 27 heavy (non-hydrogen) atoms. The molecule has 0 aliphatic rings. The largest absolute Gasteiger partial charge is 0.306 e. The maximum Gasteiger partial charge on any atom is 0.250 e. The number of carbonyl (C=O) groups is 1. The van der Waals surface area contributed by atoms with E-state index < -0.39 is 6.04 Å². The van der Waals surface area contributed by atoms with Gasteiger partial charge in [-0.15, -0.1) is 0 Å². The van der Waals surface area contributed by atoms with Gasteiger partial charge in [0.15, 0.2) is 5.82 Å². The Hall–Kier alpha value is -1.64. The van der Waals surface area contributed by atoms with Crippen molar-refractivity contribution < 1.29 is 4.79 Å². The Balaban J connectivity index is 1.73. The van der Waals surface area contributed by atoms with Crippen molar-refractivity contribution in [1.29, 1.82) is 0 Å². The molecular weight excluding hydrogens is 497 g/mol. The van der Waals surface area contributed by atoms with Crippen LogP contribution >= 0.6 is 43.5 Å². The fraction of sp³-hybridized carbons (Fsp3) is 0.278. The SMILES string of the molecule is Cc1nn(C(C)C(=O)Nc2nn(Cc3ccc(Cl)cc3)cc2Br)c(C)c1Br. The monoisotopic (exact) mass is 513 g/mol. The van der Waals surface area contributed by atoms with Crippen LogP contribution in [0.25, 0.3) is 0 Å². The molecule has 0 aliphatic heterocycles. The number of nitrogens with one attached hydrogen (secondary N) is 1. The fourth-order valence-electron chi connectivity index (χ4n) is 2.69. The normalized spacial score (nSPS) is 12.2. The van der Waals surface area contributed by atoms with E-state index >= 15 is 0 Å². The summed E-state index contributed by atoms with van der Waals surface area (Å²) in [6.45, 7) is 6.20. The number of hydrogen-bond donors (Lipinski definition) is 1. The van der Waals surface area contributed by atoms with Gasteiger partial charge in [0.1, 0.15) is 6.04 Å². The van der Waals surface area contributed by atoms with Gasteiger partial charge in [-0.25, -0.2) is 0 Å². The molecule has 0 bridgehead atoms. The zero-order valence-corrected chi connectivity index (χ0v) is 18.9. The third kappa shape index (κ3) is 4.44. The van der Waals surface area contributed by atoms with Crippen LogP contribution in [0.15, 0.2) is 39.4 Å². The molecular formula is C18H18Br2ClN5O. The number of aryl methyl sites for hydroxylation is 1. The van der Waals surface area contributed by atoms with Crippen LogP contribution in [0.3, 0.4) is 0 Å². The fourth-order valence-corrected chi connectivity index (χ4v) is 3.49. The topological polar surface area (TPSA) is 64.7 Å². The first-order valence-electron chi connectivity index (χ1n) is 8.25. The van der Waals surface area contributed by atoms with Gasteiger partial charge in [-0.1, -0.05) is 23.7 Å². The minimum absolute atomic E-state index is 0.189. The summed E-state index contributed by atoms with van der Waals surface area (Å²) in [6, 6.07) is 7.10. The van der Waals surface area contributed by atoms with E-state index in [0.717, 1.165) is 21.4 Å². The van der Waals surface area contributed by atoms with Gasteiger partial charge in [-0.3, -0.25) is 14.2 Å². The lowest BCUT2D eigenvalue weighted by atomic mass is 10.2. The van der Waals surface area contributed by atoms with Crippen molar-refractivity contribution >= 4 is 55.2 Å². The van der Waals surface area contributed by atoms with Gasteiger partial charge in [0.25, 0.3) is 0 Å². The van der Waals surface area contributed by atoms with Gasteiger partial charge in [-0.05, 0) is 70.3 Å². The van der Waals surface area contributed by atoms with E-state index in [9.17, 15) is 4.79 Å². The molecule has 142 valence electrons. The summed E-state index contributed by atoms with van der Waals surface area (Å²) in [5, 5.41) is 12.4. The van der Waals surface area contributed by atoms with Crippen molar-refractivity contribution in [1.82, 2.24) is 19.6 Å². The van der Waals surface area contributed by atoms with Crippen molar-refractivity contribution in [3.8, 4) is 0 Å². The minimum Gasteiger partial charge on any atom is -0.306 e. The Bertz CT molecular complexity index is 981. The van der Waals surface area contributed by atoms with Crippen LogP contribution in [-0.4, -0.2) is 25.5 Å². The first kappa shape index (κ1) is 20.1. The Morgan fingerprint density at radius 1 is 1.22 bits per heavy atom. The van der Waals surface area contributed by atoms with E-state index in [0.29, 0.717) is 21.9 Å². The van der Waals surface area contributed by atoms with Gasteiger partial charge >= 0.3 is 0 Å². The lowest BCUT2D eigenvalue weighted by Crippen LogP contribution is -2.25. The Morgan fingerprint density at radius 3 is 2.48 bits per heavy atom. The summed E-state index contributed by atoms with van der Waals surface area (Å²) in [7, 11) is 0. The van der Waals surface area contributed by atoms with Gasteiger partial charge in [0.05, 0.1) is 26.9 Å². The predicted octanol–water partition coefficient (Wildman–Crippen LogP) is 5.12. The lowest BCUT2D eigenvalue weighted by molar-refractivity contribution is -0.119. The number of anilines is 1. The number of halogens is 3. The second kappa shape index (κ2) is 8.16. The first-order valence-corrected chi connectivity index (χ1v) is 10.2. The van der Waals surface area contributed by atoms with Crippen LogP contribution in [0, 0.1) is 13.8 Å². The molecule has 0 radical (unpaired) electrons. The molecule has 0 aliphatic carbocycles. The van der Waals surface area contributed by atoms with E-state index in [2.05, 4.69) is 47.4 Å². The molecule has 0 spiro atoms. The number of hydrogen-bond acceptors (Lipinski definition) is 3. The molecule has 1 aromatic carbocycles. The van der Waals surface area contributed by atoms with Crippen LogP contribution in [0.5, 0.6) is 0 Å². The van der Waals surface area contributed by atoms with Crippen LogP contribution < -0.4 is 5.32 Å². The lowest BCUT2D eigenvalue weighted by Gasteiger charge is -2.13. The molecule has 2 heterocycles. The van der Waals surface area contributed by atoms with Crippen molar-refractivity contribution in [3.05, 3.63) is 61.4 Å². The van der Waals surface area contributed by atoms with E-state index in [-0.39, 0.29) is 5.91 Å². The average molecular weight is 516 g/mol. The third-order valence-electron chi connectivity index (χ3n) is 4.20. The summed E-state index contributed by atoms with van der Waals surface area (Å²) < 4.78 is 5.09. The van der Waals surface area contributed by atoms with Crippen LogP contribution in [0.4, 0.5) is 5.82 Å².